The molecule has 0 spiro atoms. The van der Waals surface area contributed by atoms with Gasteiger partial charge in [-0.05, 0) is 49.6 Å². The van der Waals surface area contributed by atoms with Crippen LogP contribution in [0.5, 0.6) is 0 Å². The molecule has 2 aromatic carbocycles. The molecule has 5 nitrogen and oxygen atoms in total. The number of carboxylic acid groups (broad SMARTS) is 1. The van der Waals surface area contributed by atoms with E-state index in [0.717, 1.165) is 25.9 Å². The van der Waals surface area contributed by atoms with Gasteiger partial charge in [-0.1, -0.05) is 36.4 Å². The van der Waals surface area contributed by atoms with Crippen LogP contribution in [0, 0.1) is 6.92 Å². The Labute approximate surface area is 147 Å². The van der Waals surface area contributed by atoms with E-state index in [4.69, 9.17) is 0 Å². The van der Waals surface area contributed by atoms with Crippen LogP contribution in [0.3, 0.4) is 0 Å². The summed E-state index contributed by atoms with van der Waals surface area (Å²) >= 11 is 0. The molecule has 1 atom stereocenters. The van der Waals surface area contributed by atoms with Crippen molar-refractivity contribution >= 4 is 17.6 Å². The molecule has 0 radical (unpaired) electrons. The van der Waals surface area contributed by atoms with Gasteiger partial charge in [-0.2, -0.15) is 0 Å². The number of likely N-dealkylation sites (tertiary alicyclic amines) is 1. The quantitative estimate of drug-likeness (QED) is 0.878. The molecule has 25 heavy (non-hydrogen) atoms. The van der Waals surface area contributed by atoms with Gasteiger partial charge in [0.1, 0.15) is 0 Å². The van der Waals surface area contributed by atoms with E-state index in [1.165, 1.54) is 11.6 Å². The highest BCUT2D eigenvalue weighted by molar-refractivity contribution is 5.97. The zero-order chi connectivity index (χ0) is 17.8. The maximum Gasteiger partial charge on any atom is 0.336 e. The van der Waals surface area contributed by atoms with Crippen molar-refractivity contribution in [2.75, 3.05) is 11.9 Å². The third-order valence-electron chi connectivity index (χ3n) is 4.63. The van der Waals surface area contributed by atoms with Gasteiger partial charge in [-0.15, -0.1) is 0 Å². The highest BCUT2D eigenvalue weighted by Gasteiger charge is 2.30. The number of aromatic carboxylic acids is 1. The van der Waals surface area contributed by atoms with Gasteiger partial charge in [0.15, 0.2) is 0 Å². The Balaban J connectivity index is 1.70. The molecule has 130 valence electrons. The molecule has 0 unspecified atom stereocenters. The minimum Gasteiger partial charge on any atom is -0.478 e. The predicted molar refractivity (Wildman–Crippen MR) is 96.6 cm³/mol. The highest BCUT2D eigenvalue weighted by atomic mass is 16.4. The summed E-state index contributed by atoms with van der Waals surface area (Å²) in [5.41, 5.74) is 2.60. The van der Waals surface area contributed by atoms with E-state index >= 15 is 0 Å². The number of amides is 1. The van der Waals surface area contributed by atoms with Crippen molar-refractivity contribution in [3.8, 4) is 0 Å². The zero-order valence-corrected chi connectivity index (χ0v) is 14.2. The summed E-state index contributed by atoms with van der Waals surface area (Å²) < 4.78 is 0. The second kappa shape index (κ2) is 7.49. The Morgan fingerprint density at radius 3 is 2.68 bits per heavy atom. The Morgan fingerprint density at radius 2 is 1.96 bits per heavy atom. The van der Waals surface area contributed by atoms with E-state index in [1.54, 1.807) is 19.1 Å². The fourth-order valence-corrected chi connectivity index (χ4v) is 3.29. The number of hydrogen-bond donors (Lipinski definition) is 2. The number of aryl methyl sites for hydroxylation is 1. The third kappa shape index (κ3) is 4.06. The summed E-state index contributed by atoms with van der Waals surface area (Å²) in [5, 5.41) is 12.1. The van der Waals surface area contributed by atoms with Gasteiger partial charge in [-0.3, -0.25) is 9.69 Å². The van der Waals surface area contributed by atoms with Crippen LogP contribution in [-0.4, -0.2) is 34.5 Å². The molecule has 1 heterocycles. The third-order valence-corrected chi connectivity index (χ3v) is 4.63. The fraction of sp³-hybridized carbons (Fsp3) is 0.300. The van der Waals surface area contributed by atoms with Crippen LogP contribution in [0.1, 0.15) is 34.3 Å². The highest BCUT2D eigenvalue weighted by Crippen LogP contribution is 2.22. The maximum atomic E-state index is 12.7. The second-order valence-corrected chi connectivity index (χ2v) is 6.44. The lowest BCUT2D eigenvalue weighted by Crippen LogP contribution is -2.39. The van der Waals surface area contributed by atoms with Crippen molar-refractivity contribution in [2.45, 2.75) is 32.4 Å². The van der Waals surface area contributed by atoms with Crippen LogP contribution < -0.4 is 5.32 Å². The lowest BCUT2D eigenvalue weighted by molar-refractivity contribution is -0.120. The number of hydrogen-bond acceptors (Lipinski definition) is 3. The van der Waals surface area contributed by atoms with Crippen molar-refractivity contribution in [3.05, 3.63) is 65.2 Å². The van der Waals surface area contributed by atoms with E-state index in [9.17, 15) is 14.7 Å². The van der Waals surface area contributed by atoms with Gasteiger partial charge in [-0.25, -0.2) is 4.79 Å². The van der Waals surface area contributed by atoms with Gasteiger partial charge in [0.05, 0.1) is 11.6 Å². The second-order valence-electron chi connectivity index (χ2n) is 6.44. The number of benzene rings is 2. The number of rotatable bonds is 5. The molecule has 2 aromatic rings. The smallest absolute Gasteiger partial charge is 0.336 e. The standard InChI is InChI=1S/C20H22N2O3/c1-14-9-10-16(12-17(14)20(24)25)21-19(23)18-8-5-11-22(18)13-15-6-3-2-4-7-15/h2-4,6-7,9-10,12,18H,5,8,11,13H2,1H3,(H,21,23)(H,24,25)/t18-/m0/s1. The number of carbonyl (C=O) groups is 2. The fourth-order valence-electron chi connectivity index (χ4n) is 3.29. The number of nitrogens with one attached hydrogen (secondary N) is 1. The summed E-state index contributed by atoms with van der Waals surface area (Å²) in [5.74, 6) is -1.06. The van der Waals surface area contributed by atoms with Gasteiger partial charge < -0.3 is 10.4 Å². The molecule has 5 heteroatoms. The van der Waals surface area contributed by atoms with Crippen LogP contribution in [-0.2, 0) is 11.3 Å². The van der Waals surface area contributed by atoms with E-state index in [2.05, 4.69) is 22.3 Å². The average Bonchev–Trinajstić information content (AvgIpc) is 3.05. The zero-order valence-electron chi connectivity index (χ0n) is 14.2. The topological polar surface area (TPSA) is 69.6 Å². The number of carbonyl (C=O) groups excluding carboxylic acids is 1. The molecule has 2 N–H and O–H groups in total. The summed E-state index contributed by atoms with van der Waals surface area (Å²) in [6.45, 7) is 3.38. The summed E-state index contributed by atoms with van der Waals surface area (Å²) in [7, 11) is 0. The Hall–Kier alpha value is -2.66. The average molecular weight is 338 g/mol. The van der Waals surface area contributed by atoms with Crippen molar-refractivity contribution in [1.29, 1.82) is 0 Å². The Morgan fingerprint density at radius 1 is 1.20 bits per heavy atom. The minimum absolute atomic E-state index is 0.0753. The van der Waals surface area contributed by atoms with Crippen LogP contribution in [0.2, 0.25) is 0 Å². The molecule has 1 amide bonds. The Bertz CT molecular complexity index is 774. The van der Waals surface area contributed by atoms with Gasteiger partial charge in [0.2, 0.25) is 5.91 Å². The molecule has 1 aliphatic rings. The first-order valence-corrected chi connectivity index (χ1v) is 8.47. The molecule has 0 saturated carbocycles. The van der Waals surface area contributed by atoms with Crippen LogP contribution in [0.25, 0.3) is 0 Å². The molecule has 1 aliphatic heterocycles. The molecule has 3 rings (SSSR count). The summed E-state index contributed by atoms with van der Waals surface area (Å²) in [6, 6.07) is 14.9. The van der Waals surface area contributed by atoms with E-state index < -0.39 is 5.97 Å². The monoisotopic (exact) mass is 338 g/mol. The molecular weight excluding hydrogens is 316 g/mol. The first-order valence-electron chi connectivity index (χ1n) is 8.47. The Kier molecular flexibility index (Phi) is 5.14. The van der Waals surface area contributed by atoms with Gasteiger partial charge in [0, 0.05) is 12.2 Å². The molecule has 0 bridgehead atoms. The maximum absolute atomic E-state index is 12.7. The number of carboxylic acids is 1. The van der Waals surface area contributed by atoms with Crippen LogP contribution in [0.4, 0.5) is 5.69 Å². The van der Waals surface area contributed by atoms with E-state index in [1.807, 2.05) is 18.2 Å². The van der Waals surface area contributed by atoms with Crippen molar-refractivity contribution in [2.24, 2.45) is 0 Å². The molecule has 0 aliphatic carbocycles. The first-order chi connectivity index (χ1) is 12.0. The summed E-state index contributed by atoms with van der Waals surface area (Å²) in [4.78, 5) is 26.1. The molecule has 1 saturated heterocycles. The van der Waals surface area contributed by atoms with E-state index in [-0.39, 0.29) is 17.5 Å². The SMILES string of the molecule is Cc1ccc(NC(=O)[C@@H]2CCCN2Cc2ccccc2)cc1C(=O)O. The van der Waals surface area contributed by atoms with Crippen molar-refractivity contribution < 1.29 is 14.7 Å². The number of nitrogens with zero attached hydrogens (tertiary/aromatic N) is 1. The molecule has 0 aromatic heterocycles. The first kappa shape index (κ1) is 17.2. The predicted octanol–water partition coefficient (Wildman–Crippen LogP) is 3.30. The minimum atomic E-state index is -0.986. The largest absolute Gasteiger partial charge is 0.478 e. The molecular formula is C20H22N2O3. The molecule has 1 fully saturated rings. The summed E-state index contributed by atoms with van der Waals surface area (Å²) in [6.07, 6.45) is 1.80. The van der Waals surface area contributed by atoms with E-state index in [0.29, 0.717) is 11.3 Å². The van der Waals surface area contributed by atoms with Crippen LogP contribution >= 0.6 is 0 Å². The van der Waals surface area contributed by atoms with Crippen molar-refractivity contribution in [3.63, 3.8) is 0 Å². The lowest BCUT2D eigenvalue weighted by Gasteiger charge is -2.23. The normalized spacial score (nSPS) is 17.4. The van der Waals surface area contributed by atoms with Gasteiger partial charge >= 0.3 is 5.97 Å². The van der Waals surface area contributed by atoms with Crippen LogP contribution in [0.15, 0.2) is 48.5 Å². The van der Waals surface area contributed by atoms with Gasteiger partial charge in [0.25, 0.3) is 0 Å². The van der Waals surface area contributed by atoms with Crippen molar-refractivity contribution in [1.82, 2.24) is 4.90 Å². The lowest BCUT2D eigenvalue weighted by atomic mass is 10.1. The number of anilines is 1.